The van der Waals surface area contributed by atoms with Crippen LogP contribution in [0.1, 0.15) is 31.2 Å². The predicted octanol–water partition coefficient (Wildman–Crippen LogP) is 3.21. The fourth-order valence-electron chi connectivity index (χ4n) is 2.74. The lowest BCUT2D eigenvalue weighted by Crippen LogP contribution is -2.35. The summed E-state index contributed by atoms with van der Waals surface area (Å²) in [7, 11) is 0. The average Bonchev–Trinajstić information content (AvgIpc) is 3.27. The summed E-state index contributed by atoms with van der Waals surface area (Å²) in [5, 5.41) is 11.6. The third kappa shape index (κ3) is 2.75. The summed E-state index contributed by atoms with van der Waals surface area (Å²) >= 11 is 0. The van der Waals surface area contributed by atoms with Crippen LogP contribution in [0.4, 0.5) is 14.5 Å². The fraction of sp³-hybridized carbons (Fsp3) is 0.533. The van der Waals surface area contributed by atoms with Crippen LogP contribution in [0.3, 0.4) is 0 Å². The molecule has 5 heteroatoms. The molecular formula is C15H16F2N2O. The van der Waals surface area contributed by atoms with Crippen molar-refractivity contribution in [3.63, 3.8) is 0 Å². The topological polar surface area (TPSA) is 45.0 Å². The number of hydrogen-bond donors (Lipinski definition) is 1. The second kappa shape index (κ2) is 5.37. The summed E-state index contributed by atoms with van der Waals surface area (Å²) in [4.78, 5) is 0. The van der Waals surface area contributed by atoms with Crippen molar-refractivity contribution in [1.29, 1.82) is 5.26 Å². The molecule has 1 aromatic carbocycles. The molecule has 0 radical (unpaired) electrons. The van der Waals surface area contributed by atoms with Crippen LogP contribution in [0, 0.1) is 28.9 Å². The van der Waals surface area contributed by atoms with E-state index >= 15 is 0 Å². The van der Waals surface area contributed by atoms with Gasteiger partial charge in [0.1, 0.15) is 5.69 Å². The molecule has 2 aliphatic rings. The summed E-state index contributed by atoms with van der Waals surface area (Å²) in [6.45, 7) is 0.623. The van der Waals surface area contributed by atoms with Crippen molar-refractivity contribution in [3.05, 3.63) is 29.3 Å². The number of nitrogens with zero attached hydrogens (tertiary/aromatic N) is 1. The Hall–Kier alpha value is -1.67. The van der Waals surface area contributed by atoms with E-state index in [2.05, 4.69) is 5.32 Å². The number of hydrogen-bond acceptors (Lipinski definition) is 3. The molecule has 1 aromatic rings. The Morgan fingerprint density at radius 3 is 2.50 bits per heavy atom. The molecule has 2 atom stereocenters. The Kier molecular flexibility index (Phi) is 3.58. The molecule has 1 saturated carbocycles. The first-order chi connectivity index (χ1) is 9.67. The van der Waals surface area contributed by atoms with Gasteiger partial charge < -0.3 is 10.1 Å². The molecule has 3 rings (SSSR count). The Morgan fingerprint density at radius 2 is 1.90 bits per heavy atom. The standard InChI is InChI=1S/C15H16F2N2O/c16-12-5-9(8-18)6-13(17)15(12)19-11-3-4-20-14(7-11)10-1-2-10/h5-6,10-11,14,19H,1-4,7H2. The van der Waals surface area contributed by atoms with Crippen molar-refractivity contribution >= 4 is 5.69 Å². The van der Waals surface area contributed by atoms with Crippen LogP contribution in [0.15, 0.2) is 12.1 Å². The van der Waals surface area contributed by atoms with Gasteiger partial charge in [0, 0.05) is 12.6 Å². The van der Waals surface area contributed by atoms with E-state index in [0.29, 0.717) is 12.5 Å². The molecule has 1 heterocycles. The summed E-state index contributed by atoms with van der Waals surface area (Å²) in [5.74, 6) is -0.803. The van der Waals surface area contributed by atoms with E-state index < -0.39 is 11.6 Å². The summed E-state index contributed by atoms with van der Waals surface area (Å²) < 4.78 is 33.4. The number of nitriles is 1. The lowest BCUT2D eigenvalue weighted by molar-refractivity contribution is -0.00227. The molecule has 0 aromatic heterocycles. The Balaban J connectivity index is 1.72. The maximum absolute atomic E-state index is 13.8. The SMILES string of the molecule is N#Cc1cc(F)c(NC2CCOC(C3CC3)C2)c(F)c1. The number of nitrogens with one attached hydrogen (secondary N) is 1. The van der Waals surface area contributed by atoms with Crippen LogP contribution >= 0.6 is 0 Å². The highest BCUT2D eigenvalue weighted by Crippen LogP contribution is 2.38. The highest BCUT2D eigenvalue weighted by molar-refractivity contribution is 5.51. The predicted molar refractivity (Wildman–Crippen MR) is 70.2 cm³/mol. The molecule has 1 aliphatic carbocycles. The van der Waals surface area contributed by atoms with Gasteiger partial charge in [0.15, 0.2) is 11.6 Å². The van der Waals surface area contributed by atoms with E-state index in [1.54, 1.807) is 6.07 Å². The largest absolute Gasteiger partial charge is 0.378 e. The first kappa shape index (κ1) is 13.3. The Morgan fingerprint density at radius 1 is 1.20 bits per heavy atom. The van der Waals surface area contributed by atoms with Crippen molar-refractivity contribution < 1.29 is 13.5 Å². The lowest BCUT2D eigenvalue weighted by Gasteiger charge is -2.31. The fourth-order valence-corrected chi connectivity index (χ4v) is 2.74. The van der Waals surface area contributed by atoms with Crippen LogP contribution in [0.2, 0.25) is 0 Å². The first-order valence-corrected chi connectivity index (χ1v) is 6.94. The van der Waals surface area contributed by atoms with E-state index in [1.165, 1.54) is 12.8 Å². The van der Waals surface area contributed by atoms with Crippen LogP contribution in [0.5, 0.6) is 0 Å². The van der Waals surface area contributed by atoms with Gasteiger partial charge in [-0.25, -0.2) is 8.78 Å². The van der Waals surface area contributed by atoms with Gasteiger partial charge in [-0.15, -0.1) is 0 Å². The van der Waals surface area contributed by atoms with Gasteiger partial charge in [-0.05, 0) is 43.7 Å². The van der Waals surface area contributed by atoms with Crippen LogP contribution in [-0.4, -0.2) is 18.8 Å². The second-order valence-corrected chi connectivity index (χ2v) is 5.54. The zero-order valence-corrected chi connectivity index (χ0v) is 11.0. The summed E-state index contributed by atoms with van der Waals surface area (Å²) in [5.41, 5.74) is -0.140. The van der Waals surface area contributed by atoms with Crippen molar-refractivity contribution in [2.45, 2.75) is 37.8 Å². The van der Waals surface area contributed by atoms with Gasteiger partial charge in [0.05, 0.1) is 17.7 Å². The van der Waals surface area contributed by atoms with E-state index in [0.717, 1.165) is 25.0 Å². The molecule has 1 N–H and O–H groups in total. The van der Waals surface area contributed by atoms with Gasteiger partial charge in [-0.3, -0.25) is 0 Å². The van der Waals surface area contributed by atoms with Crippen LogP contribution < -0.4 is 5.32 Å². The van der Waals surface area contributed by atoms with Crippen LogP contribution in [0.25, 0.3) is 0 Å². The minimum atomic E-state index is -0.712. The first-order valence-electron chi connectivity index (χ1n) is 6.94. The van der Waals surface area contributed by atoms with E-state index in [-0.39, 0.29) is 23.4 Å². The maximum atomic E-state index is 13.8. The molecule has 1 saturated heterocycles. The summed E-state index contributed by atoms with van der Waals surface area (Å²) in [6.07, 6.45) is 4.12. The van der Waals surface area contributed by atoms with Crippen molar-refractivity contribution in [3.8, 4) is 6.07 Å². The van der Waals surface area contributed by atoms with E-state index in [4.69, 9.17) is 10.00 Å². The van der Waals surface area contributed by atoms with Crippen LogP contribution in [-0.2, 0) is 4.74 Å². The monoisotopic (exact) mass is 278 g/mol. The van der Waals surface area contributed by atoms with E-state index in [9.17, 15) is 8.78 Å². The van der Waals surface area contributed by atoms with Gasteiger partial charge >= 0.3 is 0 Å². The van der Waals surface area contributed by atoms with E-state index in [1.807, 2.05) is 0 Å². The normalized spacial score (nSPS) is 26.1. The van der Waals surface area contributed by atoms with Gasteiger partial charge in [-0.1, -0.05) is 0 Å². The van der Waals surface area contributed by atoms with Crippen molar-refractivity contribution in [2.24, 2.45) is 5.92 Å². The zero-order valence-electron chi connectivity index (χ0n) is 11.0. The number of rotatable bonds is 3. The molecule has 2 unspecified atom stereocenters. The van der Waals surface area contributed by atoms with Crippen molar-refractivity contribution in [1.82, 2.24) is 0 Å². The zero-order chi connectivity index (χ0) is 14.1. The number of anilines is 1. The third-order valence-electron chi connectivity index (χ3n) is 3.98. The average molecular weight is 278 g/mol. The quantitative estimate of drug-likeness (QED) is 0.923. The smallest absolute Gasteiger partial charge is 0.150 e. The van der Waals surface area contributed by atoms with Gasteiger partial charge in [-0.2, -0.15) is 5.26 Å². The number of halogens is 2. The molecular weight excluding hydrogens is 262 g/mol. The second-order valence-electron chi connectivity index (χ2n) is 5.54. The third-order valence-corrected chi connectivity index (χ3v) is 3.98. The molecule has 106 valence electrons. The Labute approximate surface area is 116 Å². The van der Waals surface area contributed by atoms with Crippen molar-refractivity contribution in [2.75, 3.05) is 11.9 Å². The van der Waals surface area contributed by atoms with Gasteiger partial charge in [0.25, 0.3) is 0 Å². The molecule has 2 fully saturated rings. The molecule has 20 heavy (non-hydrogen) atoms. The molecule has 0 amide bonds. The minimum absolute atomic E-state index is 0.00613. The number of ether oxygens (including phenoxy) is 1. The molecule has 0 spiro atoms. The lowest BCUT2D eigenvalue weighted by atomic mass is 9.99. The number of benzene rings is 1. The molecule has 1 aliphatic heterocycles. The highest BCUT2D eigenvalue weighted by Gasteiger charge is 2.36. The highest BCUT2D eigenvalue weighted by atomic mass is 19.1. The van der Waals surface area contributed by atoms with Gasteiger partial charge in [0.2, 0.25) is 0 Å². The minimum Gasteiger partial charge on any atom is -0.378 e. The molecule has 0 bridgehead atoms. The Bertz CT molecular complexity index is 528. The summed E-state index contributed by atoms with van der Waals surface area (Å²) in [6, 6.07) is 3.88. The maximum Gasteiger partial charge on any atom is 0.150 e. The molecule has 3 nitrogen and oxygen atoms in total.